The van der Waals surface area contributed by atoms with E-state index in [2.05, 4.69) is 46.3 Å². The van der Waals surface area contributed by atoms with E-state index < -0.39 is 0 Å². The van der Waals surface area contributed by atoms with Crippen LogP contribution in [0.1, 0.15) is 62.8 Å². The first-order valence-corrected chi connectivity index (χ1v) is 11.1. The highest BCUT2D eigenvalue weighted by atomic mass is 15.4. The van der Waals surface area contributed by atoms with Gasteiger partial charge < -0.3 is 0 Å². The van der Waals surface area contributed by atoms with E-state index in [1.54, 1.807) is 0 Å². The normalized spacial score (nSPS) is 18.0. The summed E-state index contributed by atoms with van der Waals surface area (Å²) in [5.74, 6) is 2.29. The minimum atomic E-state index is 0.957. The maximum atomic E-state index is 4.25. The topological polar surface area (TPSA) is 61.4 Å². The highest BCUT2D eigenvalue weighted by molar-refractivity contribution is 5.46. The van der Waals surface area contributed by atoms with Crippen molar-refractivity contribution < 1.29 is 0 Å². The molecule has 6 heteroatoms. The summed E-state index contributed by atoms with van der Waals surface area (Å²) in [6.07, 6.45) is 30.6. The van der Waals surface area contributed by atoms with Gasteiger partial charge in [0.2, 0.25) is 0 Å². The molecule has 0 bridgehead atoms. The fourth-order valence-corrected chi connectivity index (χ4v) is 3.78. The van der Waals surface area contributed by atoms with E-state index in [0.29, 0.717) is 0 Å². The van der Waals surface area contributed by atoms with Crippen molar-refractivity contribution >= 4 is 0 Å². The van der Waals surface area contributed by atoms with Gasteiger partial charge in [0.1, 0.15) is 0 Å². The molecule has 30 heavy (non-hydrogen) atoms. The van der Waals surface area contributed by atoms with Gasteiger partial charge in [0.15, 0.2) is 0 Å². The van der Waals surface area contributed by atoms with E-state index in [1.165, 1.54) is 51.4 Å². The second-order valence-electron chi connectivity index (χ2n) is 7.91. The van der Waals surface area contributed by atoms with Gasteiger partial charge in [-0.05, 0) is 64.2 Å². The Morgan fingerprint density at radius 1 is 0.500 bits per heavy atom. The summed E-state index contributed by atoms with van der Waals surface area (Å²) < 4.78 is 3.94. The molecule has 2 aromatic rings. The van der Waals surface area contributed by atoms with Crippen LogP contribution in [0.25, 0.3) is 0 Å². The Kier molecular flexibility index (Phi) is 8.33. The number of rotatable bonds is 13. The van der Waals surface area contributed by atoms with E-state index in [4.69, 9.17) is 0 Å². The lowest BCUT2D eigenvalue weighted by atomic mass is 10.1. The van der Waals surface area contributed by atoms with Crippen molar-refractivity contribution in [2.45, 2.75) is 64.5 Å². The lowest BCUT2D eigenvalue weighted by molar-refractivity contribution is 0.494. The minimum Gasteiger partial charge on any atom is -0.252 e. The smallest absolute Gasteiger partial charge is 0.0904 e. The average Bonchev–Trinajstić information content (AvgIpc) is 3.56. The minimum absolute atomic E-state index is 0.957. The molecular formula is C24H30N6. The fourth-order valence-electron chi connectivity index (χ4n) is 3.78. The Morgan fingerprint density at radius 3 is 1.27 bits per heavy atom. The van der Waals surface area contributed by atoms with Crippen LogP contribution in [0.3, 0.4) is 0 Å². The van der Waals surface area contributed by atoms with Crippen LogP contribution in [0.4, 0.5) is 0 Å². The summed E-state index contributed by atoms with van der Waals surface area (Å²) in [4.78, 5) is 0. The second-order valence-corrected chi connectivity index (χ2v) is 7.91. The molecule has 6 nitrogen and oxygen atoms in total. The molecule has 10 radical (unpaired) electrons. The number of hydrogen-bond donors (Lipinski definition) is 0. The van der Waals surface area contributed by atoms with Crippen LogP contribution in [0.2, 0.25) is 0 Å². The highest BCUT2D eigenvalue weighted by Crippen LogP contribution is 2.29. The van der Waals surface area contributed by atoms with E-state index in [1.807, 2.05) is 47.4 Å². The van der Waals surface area contributed by atoms with Crippen molar-refractivity contribution in [1.82, 2.24) is 30.0 Å². The maximum Gasteiger partial charge on any atom is 0.0904 e. The number of nitrogens with zero attached hydrogens (tertiary/aromatic N) is 6. The van der Waals surface area contributed by atoms with Crippen molar-refractivity contribution in [3.63, 3.8) is 0 Å². The van der Waals surface area contributed by atoms with Crippen molar-refractivity contribution in [2.75, 3.05) is 0 Å². The molecule has 0 amide bonds. The third-order valence-electron chi connectivity index (χ3n) is 5.52. The Hall–Kier alpha value is -1.72. The third kappa shape index (κ3) is 6.39. The van der Waals surface area contributed by atoms with Gasteiger partial charge in [0.05, 0.1) is 11.4 Å². The molecule has 156 valence electrons. The number of aromatic nitrogens is 6. The summed E-state index contributed by atoms with van der Waals surface area (Å²) in [5.41, 5.74) is 1.93. The molecular weight excluding hydrogens is 372 g/mol. The summed E-state index contributed by atoms with van der Waals surface area (Å²) >= 11 is 0. The zero-order valence-corrected chi connectivity index (χ0v) is 17.5. The molecule has 2 saturated carbocycles. The van der Waals surface area contributed by atoms with Crippen LogP contribution in [-0.4, -0.2) is 30.0 Å². The summed E-state index contributed by atoms with van der Waals surface area (Å²) in [5, 5.41) is 17.0. The van der Waals surface area contributed by atoms with Crippen LogP contribution in [0.15, 0.2) is 12.4 Å². The van der Waals surface area contributed by atoms with Gasteiger partial charge in [-0.1, -0.05) is 49.0 Å². The Labute approximate surface area is 181 Å². The predicted molar refractivity (Wildman–Crippen MR) is 116 cm³/mol. The molecule has 2 heterocycles. The lowest BCUT2D eigenvalue weighted by Gasteiger charge is -2.04. The van der Waals surface area contributed by atoms with E-state index in [0.717, 1.165) is 36.3 Å². The highest BCUT2D eigenvalue weighted by Gasteiger charge is 2.22. The van der Waals surface area contributed by atoms with Gasteiger partial charge in [-0.3, -0.25) is 9.36 Å². The van der Waals surface area contributed by atoms with Crippen LogP contribution in [-0.2, 0) is 13.1 Å². The van der Waals surface area contributed by atoms with Gasteiger partial charge in [-0.15, -0.1) is 10.2 Å². The van der Waals surface area contributed by atoms with Crippen LogP contribution >= 0.6 is 0 Å². The average molecular weight is 403 g/mol. The van der Waals surface area contributed by atoms with Crippen LogP contribution in [0, 0.1) is 63.2 Å². The summed E-state index contributed by atoms with van der Waals surface area (Å²) in [6, 6.07) is 0. The van der Waals surface area contributed by atoms with Crippen molar-refractivity contribution in [3.8, 4) is 0 Å². The maximum absolute atomic E-state index is 4.25. The quantitative estimate of drug-likeness (QED) is 0.471. The second kappa shape index (κ2) is 11.6. The SMILES string of the molecule is [CH]1[CH][CH][C](c2cn(CCCCCCCCCCn3cc([C]4[CH][CH][CH][CH]4)nn3)nn2)[CH]1. The van der Waals surface area contributed by atoms with Crippen molar-refractivity contribution in [1.29, 1.82) is 0 Å². The summed E-state index contributed by atoms with van der Waals surface area (Å²) in [7, 11) is 0. The predicted octanol–water partition coefficient (Wildman–Crippen LogP) is 4.20. The van der Waals surface area contributed by atoms with Crippen LogP contribution < -0.4 is 0 Å². The van der Waals surface area contributed by atoms with Crippen molar-refractivity contribution in [3.05, 3.63) is 87.0 Å². The number of aryl methyl sites for hydroxylation is 2. The molecule has 2 aliphatic carbocycles. The zero-order valence-electron chi connectivity index (χ0n) is 17.5. The Morgan fingerprint density at radius 2 is 0.867 bits per heavy atom. The zero-order chi connectivity index (χ0) is 20.4. The Bertz CT molecular complexity index is 661. The van der Waals surface area contributed by atoms with Crippen LogP contribution in [0.5, 0.6) is 0 Å². The molecule has 0 spiro atoms. The molecule has 4 rings (SSSR count). The third-order valence-corrected chi connectivity index (χ3v) is 5.52. The first kappa shape index (κ1) is 21.5. The monoisotopic (exact) mass is 402 g/mol. The molecule has 0 atom stereocenters. The molecule has 2 aromatic heterocycles. The van der Waals surface area contributed by atoms with Gasteiger partial charge in [0.25, 0.3) is 0 Å². The molecule has 0 aromatic carbocycles. The first-order chi connectivity index (χ1) is 14.9. The van der Waals surface area contributed by atoms with E-state index in [-0.39, 0.29) is 0 Å². The molecule has 2 aliphatic rings. The molecule has 0 saturated heterocycles. The number of hydrogen-bond acceptors (Lipinski definition) is 4. The fraction of sp³-hybridized carbons (Fsp3) is 0.417. The first-order valence-electron chi connectivity index (χ1n) is 11.1. The van der Waals surface area contributed by atoms with Gasteiger partial charge in [-0.25, -0.2) is 0 Å². The molecule has 0 unspecified atom stereocenters. The van der Waals surface area contributed by atoms with Gasteiger partial charge in [-0.2, -0.15) is 0 Å². The molecule has 0 aliphatic heterocycles. The summed E-state index contributed by atoms with van der Waals surface area (Å²) in [6.45, 7) is 1.91. The van der Waals surface area contributed by atoms with Crippen molar-refractivity contribution in [2.24, 2.45) is 0 Å². The molecule has 2 fully saturated rings. The molecule has 0 N–H and O–H groups in total. The van der Waals surface area contributed by atoms with Gasteiger partial charge >= 0.3 is 0 Å². The lowest BCUT2D eigenvalue weighted by Crippen LogP contribution is -1.99. The largest absolute Gasteiger partial charge is 0.252 e. The van der Waals surface area contributed by atoms with Gasteiger partial charge in [0, 0.05) is 37.3 Å². The standard InChI is InChI=1S/C24H30N6/c1(3-5-11-17-29-19-23(25-27-29)21-13-7-8-14-21)2-4-6-12-18-30-20-24(26-28-30)22-15-9-10-16-22/h7-10,13-16,19-20H,1-6,11-12,17-18H2. The number of unbranched alkanes of at least 4 members (excludes halogenated alkanes) is 7. The van der Waals surface area contributed by atoms with E-state index >= 15 is 0 Å². The van der Waals surface area contributed by atoms with E-state index in [9.17, 15) is 0 Å². The Balaban J connectivity index is 0.978.